The summed E-state index contributed by atoms with van der Waals surface area (Å²) in [7, 11) is 0. The van der Waals surface area contributed by atoms with Crippen LogP contribution < -0.4 is 15.8 Å². The van der Waals surface area contributed by atoms with Gasteiger partial charge in [0.05, 0.1) is 11.9 Å². The highest BCUT2D eigenvalue weighted by Crippen LogP contribution is 2.20. The summed E-state index contributed by atoms with van der Waals surface area (Å²) < 4.78 is 6.10. The lowest BCUT2D eigenvalue weighted by atomic mass is 10.2. The van der Waals surface area contributed by atoms with Crippen LogP contribution in [0.5, 0.6) is 0 Å². The first-order chi connectivity index (χ1) is 11.6. The molecule has 0 fully saturated rings. The van der Waals surface area contributed by atoms with E-state index in [0.29, 0.717) is 17.1 Å². The molecule has 0 atom stereocenters. The number of rotatable bonds is 4. The minimum Gasteiger partial charge on any atom is -0.443 e. The van der Waals surface area contributed by atoms with E-state index in [4.69, 9.17) is 10.2 Å². The van der Waals surface area contributed by atoms with Crippen molar-refractivity contribution < 1.29 is 19.1 Å². The Balaban J connectivity index is 1.80. The van der Waals surface area contributed by atoms with Crippen molar-refractivity contribution >= 4 is 11.7 Å². The van der Waals surface area contributed by atoms with E-state index >= 15 is 0 Å². The molecule has 0 saturated carbocycles. The van der Waals surface area contributed by atoms with E-state index in [-0.39, 0.29) is 23.9 Å². The van der Waals surface area contributed by atoms with E-state index < -0.39 is 5.91 Å². The average Bonchev–Trinajstić information content (AvgIpc) is 3.10. The summed E-state index contributed by atoms with van der Waals surface area (Å²) in [6.07, 6.45) is 4.36. The smallest absolute Gasteiger partial charge is 0.274 e. The number of anilines is 1. The van der Waals surface area contributed by atoms with Crippen molar-refractivity contribution in [3.05, 3.63) is 53.9 Å². The van der Waals surface area contributed by atoms with Crippen LogP contribution in [0.1, 0.15) is 21.9 Å². The Morgan fingerprint density at radius 1 is 1.42 bits per heavy atom. The van der Waals surface area contributed by atoms with Crippen LogP contribution >= 0.6 is 0 Å². The molecule has 4 N–H and O–H groups in total. The van der Waals surface area contributed by atoms with Crippen molar-refractivity contribution in [1.82, 2.24) is 20.3 Å². The Morgan fingerprint density at radius 2 is 2.25 bits per heavy atom. The Kier molecular flexibility index (Phi) is 4.06. The number of nitrogen functional groups attached to an aromatic ring is 1. The third kappa shape index (κ3) is 3.00. The molecule has 3 aromatic heterocycles. The van der Waals surface area contributed by atoms with Gasteiger partial charge in [0.25, 0.3) is 11.6 Å². The second-order valence-corrected chi connectivity index (χ2v) is 4.95. The van der Waals surface area contributed by atoms with Crippen LogP contribution in [0.25, 0.3) is 11.6 Å². The first-order valence-electron chi connectivity index (χ1n) is 7.07. The zero-order valence-electron chi connectivity index (χ0n) is 12.8. The quantitative estimate of drug-likeness (QED) is 0.469. The molecule has 0 radical (unpaired) electrons. The monoisotopic (exact) mass is 327 g/mol. The van der Waals surface area contributed by atoms with Gasteiger partial charge in [-0.25, -0.2) is 15.0 Å². The van der Waals surface area contributed by atoms with Gasteiger partial charge in [-0.2, -0.15) is 0 Å². The maximum atomic E-state index is 12.3. The fraction of sp³-hybridized carbons (Fsp3) is 0.133. The average molecular weight is 327 g/mol. The fourth-order valence-corrected chi connectivity index (χ4v) is 2.11. The Hall–Kier alpha value is -3.49. The number of oxazole rings is 1. The predicted octanol–water partition coefficient (Wildman–Crippen LogP) is 0.477. The van der Waals surface area contributed by atoms with Gasteiger partial charge in [-0.15, -0.1) is 0 Å². The van der Waals surface area contributed by atoms with Gasteiger partial charge in [0.1, 0.15) is 18.5 Å². The van der Waals surface area contributed by atoms with Gasteiger partial charge >= 0.3 is 0 Å². The largest absolute Gasteiger partial charge is 0.443 e. The number of pyridine rings is 1. The summed E-state index contributed by atoms with van der Waals surface area (Å²) in [5.41, 5.74) is 7.19. The van der Waals surface area contributed by atoms with Crippen LogP contribution in [-0.2, 0) is 6.54 Å². The van der Waals surface area contributed by atoms with Crippen molar-refractivity contribution in [3.8, 4) is 11.6 Å². The molecule has 1 amide bonds. The van der Waals surface area contributed by atoms with Crippen LogP contribution in [0.4, 0.5) is 5.82 Å². The molecule has 24 heavy (non-hydrogen) atoms. The molecular formula is C15H15N6O3+. The number of nitrogens with two attached hydrogens (primary N) is 1. The second-order valence-electron chi connectivity index (χ2n) is 4.95. The predicted molar refractivity (Wildman–Crippen MR) is 81.7 cm³/mol. The van der Waals surface area contributed by atoms with E-state index in [2.05, 4.69) is 20.3 Å². The Morgan fingerprint density at radius 3 is 2.96 bits per heavy atom. The third-order valence-corrected chi connectivity index (χ3v) is 3.30. The van der Waals surface area contributed by atoms with Crippen LogP contribution in [0.15, 0.2) is 41.3 Å². The third-order valence-electron chi connectivity index (χ3n) is 3.30. The van der Waals surface area contributed by atoms with Crippen molar-refractivity contribution in [2.75, 3.05) is 5.73 Å². The molecule has 0 aliphatic heterocycles. The Labute approximate surface area is 136 Å². The number of carbonyl (C=O) groups is 1. The minimum absolute atomic E-state index is 0.00299. The van der Waals surface area contributed by atoms with Gasteiger partial charge in [0.15, 0.2) is 11.5 Å². The number of aryl methyl sites for hydroxylation is 1. The number of aromatic nitrogens is 4. The van der Waals surface area contributed by atoms with Crippen molar-refractivity contribution in [3.63, 3.8) is 0 Å². The topological polar surface area (TPSA) is 131 Å². The summed E-state index contributed by atoms with van der Waals surface area (Å²) in [6, 6.07) is 5.09. The maximum absolute atomic E-state index is 12.3. The van der Waals surface area contributed by atoms with Crippen LogP contribution in [0, 0.1) is 6.92 Å². The Bertz CT molecular complexity index is 879. The first kappa shape index (κ1) is 15.4. The van der Waals surface area contributed by atoms with Gasteiger partial charge in [-0.05, 0) is 13.0 Å². The van der Waals surface area contributed by atoms with E-state index in [0.717, 1.165) is 4.73 Å². The number of carbonyl (C=O) groups excluding carboxylic acids is 1. The summed E-state index contributed by atoms with van der Waals surface area (Å²) in [5, 5.41) is 12.3. The second kappa shape index (κ2) is 6.32. The van der Waals surface area contributed by atoms with Gasteiger partial charge in [0, 0.05) is 16.9 Å². The molecule has 3 heterocycles. The molecule has 0 bridgehead atoms. The lowest BCUT2D eigenvalue weighted by Crippen LogP contribution is -2.38. The fourth-order valence-electron chi connectivity index (χ4n) is 2.11. The molecule has 9 nitrogen and oxygen atoms in total. The zero-order chi connectivity index (χ0) is 17.1. The number of amides is 1. The van der Waals surface area contributed by atoms with E-state index in [1.54, 1.807) is 25.1 Å². The normalized spacial score (nSPS) is 10.5. The standard InChI is InChI=1S/C15H14N6O3/c1-9-11(15-17-5-7-24-15)20-13(16)12(19-9)14(22)18-8-10-4-2-3-6-21(10)23/h2-7H,8H2,1H3,(H3-,16,18,20,22,23)/p+1. The first-order valence-corrected chi connectivity index (χ1v) is 7.07. The van der Waals surface area contributed by atoms with Crippen molar-refractivity contribution in [2.45, 2.75) is 13.5 Å². The van der Waals surface area contributed by atoms with E-state index in [9.17, 15) is 10.0 Å². The maximum Gasteiger partial charge on any atom is 0.274 e. The summed E-state index contributed by atoms with van der Waals surface area (Å²) in [4.78, 5) is 24.6. The lowest BCUT2D eigenvalue weighted by Gasteiger charge is -2.08. The minimum atomic E-state index is -0.495. The van der Waals surface area contributed by atoms with Crippen LogP contribution in [-0.4, -0.2) is 26.1 Å². The molecule has 0 aromatic carbocycles. The molecule has 3 rings (SSSR count). The number of hydrogen-bond donors (Lipinski definition) is 3. The zero-order valence-corrected chi connectivity index (χ0v) is 12.8. The van der Waals surface area contributed by atoms with Gasteiger partial charge in [0.2, 0.25) is 12.1 Å². The SMILES string of the molecule is Cc1nc(C(=O)NCc2cccc[n+]2O)c(N)nc1-c1ncco1. The summed E-state index contributed by atoms with van der Waals surface area (Å²) >= 11 is 0. The lowest BCUT2D eigenvalue weighted by molar-refractivity contribution is -0.909. The van der Waals surface area contributed by atoms with E-state index in [1.807, 2.05) is 0 Å². The highest BCUT2D eigenvalue weighted by atomic mass is 16.5. The highest BCUT2D eigenvalue weighted by molar-refractivity contribution is 5.96. The number of nitrogens with zero attached hydrogens (tertiary/aromatic N) is 4. The number of hydrogen-bond acceptors (Lipinski definition) is 7. The van der Waals surface area contributed by atoms with Gasteiger partial charge in [-0.3, -0.25) is 10.0 Å². The number of nitrogens with one attached hydrogen (secondary N) is 1. The molecule has 0 saturated heterocycles. The van der Waals surface area contributed by atoms with Crippen molar-refractivity contribution in [2.24, 2.45) is 0 Å². The molecule has 9 heteroatoms. The molecular weight excluding hydrogens is 312 g/mol. The molecule has 0 spiro atoms. The molecule has 0 unspecified atom stereocenters. The molecule has 0 aliphatic carbocycles. The molecule has 3 aromatic rings. The van der Waals surface area contributed by atoms with Crippen molar-refractivity contribution in [1.29, 1.82) is 0 Å². The molecule has 122 valence electrons. The molecule has 0 aliphatic rings. The van der Waals surface area contributed by atoms with Crippen LogP contribution in [0.3, 0.4) is 0 Å². The van der Waals surface area contributed by atoms with Crippen LogP contribution in [0.2, 0.25) is 0 Å². The summed E-state index contributed by atoms with van der Waals surface area (Å²) in [6.45, 7) is 1.79. The van der Waals surface area contributed by atoms with Gasteiger partial charge < -0.3 is 15.5 Å². The van der Waals surface area contributed by atoms with Gasteiger partial charge in [-0.1, -0.05) is 0 Å². The summed E-state index contributed by atoms with van der Waals surface area (Å²) in [5.74, 6) is -0.244. The van der Waals surface area contributed by atoms with E-state index in [1.165, 1.54) is 18.7 Å². The highest BCUT2D eigenvalue weighted by Gasteiger charge is 2.19.